The fourth-order valence-electron chi connectivity index (χ4n) is 1.83. The Balaban J connectivity index is 2.40. The number of ether oxygens (including phenoxy) is 1. The van der Waals surface area contributed by atoms with Gasteiger partial charge in [-0.15, -0.1) is 0 Å². The summed E-state index contributed by atoms with van der Waals surface area (Å²) in [5.74, 6) is 0.486. The van der Waals surface area contributed by atoms with E-state index in [1.54, 1.807) is 18.2 Å². The summed E-state index contributed by atoms with van der Waals surface area (Å²) in [6.07, 6.45) is 1.89. The summed E-state index contributed by atoms with van der Waals surface area (Å²) in [6.45, 7) is 2.58. The first-order valence-electron chi connectivity index (χ1n) is 6.07. The smallest absolute Gasteiger partial charge is 0.249 e. The molecule has 0 heterocycles. The summed E-state index contributed by atoms with van der Waals surface area (Å²) in [4.78, 5) is 22.7. The van der Waals surface area contributed by atoms with Gasteiger partial charge in [0, 0.05) is 10.6 Å². The predicted molar refractivity (Wildman–Crippen MR) is 76.6 cm³/mol. The van der Waals surface area contributed by atoms with E-state index in [4.69, 9.17) is 22.1 Å². The normalized spacial score (nSPS) is 10.8. The fourth-order valence-corrected chi connectivity index (χ4v) is 1.99. The van der Waals surface area contributed by atoms with Gasteiger partial charge in [-0.2, -0.15) is 0 Å². The van der Waals surface area contributed by atoms with E-state index in [1.807, 2.05) is 0 Å². The van der Waals surface area contributed by atoms with Crippen LogP contribution < -0.4 is 21.3 Å². The first-order chi connectivity index (χ1) is 9.06. The third-order valence-corrected chi connectivity index (χ3v) is 3.15. The van der Waals surface area contributed by atoms with E-state index in [-0.39, 0.29) is 11.3 Å². The number of nitrogen functional groups attached to an aromatic ring is 1. The predicted octanol–water partition coefficient (Wildman–Crippen LogP) is 2.36. The van der Waals surface area contributed by atoms with Gasteiger partial charge < -0.3 is 10.5 Å². The lowest BCUT2D eigenvalue weighted by atomic mass is 9.98. The molecule has 0 spiro atoms. The highest BCUT2D eigenvalue weighted by atomic mass is 35.5. The Labute approximate surface area is 115 Å². The summed E-state index contributed by atoms with van der Waals surface area (Å²) >= 11 is 5.92. The average molecular weight is 280 g/mol. The standard InChI is InChI=1S/C14H14ClNO3/c1-2-3-6-19-10-7-8(15)4-5-9(10)11-12(16)14(18)13(11)17/h4-5,7H,2-3,6,16H2,1H3. The number of nitrogens with two attached hydrogens (primary N) is 1. The maximum Gasteiger partial charge on any atom is 0.249 e. The zero-order valence-electron chi connectivity index (χ0n) is 10.5. The van der Waals surface area contributed by atoms with Crippen LogP contribution in [0, 0.1) is 0 Å². The van der Waals surface area contributed by atoms with Crippen molar-refractivity contribution in [3.05, 3.63) is 43.7 Å². The second-order valence-corrected chi connectivity index (χ2v) is 4.73. The Morgan fingerprint density at radius 2 is 2.00 bits per heavy atom. The zero-order chi connectivity index (χ0) is 14.0. The van der Waals surface area contributed by atoms with Crippen LogP contribution in [-0.2, 0) is 0 Å². The van der Waals surface area contributed by atoms with E-state index in [0.717, 1.165) is 12.8 Å². The van der Waals surface area contributed by atoms with Gasteiger partial charge >= 0.3 is 0 Å². The Morgan fingerprint density at radius 3 is 2.63 bits per heavy atom. The van der Waals surface area contributed by atoms with Gasteiger partial charge in [-0.05, 0) is 24.6 Å². The molecule has 5 heteroatoms. The van der Waals surface area contributed by atoms with Crippen LogP contribution in [0.1, 0.15) is 19.8 Å². The molecule has 2 rings (SSSR count). The molecule has 2 N–H and O–H groups in total. The number of benzene rings is 1. The van der Waals surface area contributed by atoms with Gasteiger partial charge in [-0.1, -0.05) is 24.9 Å². The summed E-state index contributed by atoms with van der Waals surface area (Å²) < 4.78 is 5.61. The van der Waals surface area contributed by atoms with Gasteiger partial charge in [0.05, 0.1) is 17.9 Å². The summed E-state index contributed by atoms with van der Waals surface area (Å²) in [5.41, 5.74) is 5.12. The molecule has 0 bridgehead atoms. The van der Waals surface area contributed by atoms with E-state index in [0.29, 0.717) is 22.9 Å². The average Bonchev–Trinajstić information content (AvgIpc) is 2.41. The summed E-state index contributed by atoms with van der Waals surface area (Å²) in [5, 5.41) is 0.507. The topological polar surface area (TPSA) is 69.4 Å². The Bertz CT molecular complexity index is 672. The minimum Gasteiger partial charge on any atom is -0.493 e. The van der Waals surface area contributed by atoms with Gasteiger partial charge in [0.2, 0.25) is 10.9 Å². The van der Waals surface area contributed by atoms with Gasteiger partial charge in [0.15, 0.2) is 0 Å². The van der Waals surface area contributed by atoms with E-state index in [1.165, 1.54) is 0 Å². The van der Waals surface area contributed by atoms with Crippen LogP contribution in [0.3, 0.4) is 0 Å². The second kappa shape index (κ2) is 5.45. The number of hydrogen-bond donors (Lipinski definition) is 1. The third-order valence-electron chi connectivity index (χ3n) is 2.92. The van der Waals surface area contributed by atoms with Crippen molar-refractivity contribution in [2.45, 2.75) is 19.8 Å². The molecule has 0 atom stereocenters. The molecule has 0 aliphatic heterocycles. The Hall–Kier alpha value is -1.81. The van der Waals surface area contributed by atoms with E-state index >= 15 is 0 Å². The first-order valence-corrected chi connectivity index (χ1v) is 6.45. The van der Waals surface area contributed by atoms with Crippen molar-refractivity contribution >= 4 is 17.3 Å². The van der Waals surface area contributed by atoms with Crippen LogP contribution >= 0.6 is 11.6 Å². The quantitative estimate of drug-likeness (QED) is 0.674. The second-order valence-electron chi connectivity index (χ2n) is 4.29. The van der Waals surface area contributed by atoms with Crippen molar-refractivity contribution in [1.29, 1.82) is 0 Å². The molecule has 4 nitrogen and oxygen atoms in total. The maximum atomic E-state index is 11.6. The highest BCUT2D eigenvalue weighted by Crippen LogP contribution is 2.33. The molecule has 0 saturated heterocycles. The molecule has 2 aromatic rings. The Kier molecular flexibility index (Phi) is 3.90. The van der Waals surface area contributed by atoms with Crippen LogP contribution in [0.4, 0.5) is 5.69 Å². The van der Waals surface area contributed by atoms with Crippen molar-refractivity contribution in [2.24, 2.45) is 0 Å². The number of hydrogen-bond acceptors (Lipinski definition) is 4. The molecule has 0 aromatic heterocycles. The fraction of sp³-hybridized carbons (Fsp3) is 0.286. The lowest BCUT2D eigenvalue weighted by Gasteiger charge is -2.13. The zero-order valence-corrected chi connectivity index (χ0v) is 11.3. The highest BCUT2D eigenvalue weighted by Gasteiger charge is 2.22. The first kappa shape index (κ1) is 13.6. The molecule has 0 aliphatic carbocycles. The molecule has 2 aromatic carbocycles. The van der Waals surface area contributed by atoms with Gasteiger partial charge in [0.1, 0.15) is 5.75 Å². The number of halogens is 1. The van der Waals surface area contributed by atoms with Crippen LogP contribution in [0.5, 0.6) is 5.75 Å². The monoisotopic (exact) mass is 279 g/mol. The molecule has 0 aliphatic rings. The molecule has 0 amide bonds. The minimum atomic E-state index is -0.635. The molecule has 100 valence electrons. The van der Waals surface area contributed by atoms with Gasteiger partial charge in [-0.3, -0.25) is 9.59 Å². The molecular formula is C14H14ClNO3. The van der Waals surface area contributed by atoms with E-state index in [2.05, 4.69) is 6.92 Å². The largest absolute Gasteiger partial charge is 0.493 e. The molecule has 0 radical (unpaired) electrons. The van der Waals surface area contributed by atoms with Crippen molar-refractivity contribution in [2.75, 3.05) is 12.3 Å². The molecular weight excluding hydrogens is 266 g/mol. The molecule has 0 unspecified atom stereocenters. The third kappa shape index (κ3) is 2.49. The lowest BCUT2D eigenvalue weighted by molar-refractivity contribution is 0.310. The number of rotatable bonds is 5. The van der Waals surface area contributed by atoms with Crippen molar-refractivity contribution in [3.63, 3.8) is 0 Å². The van der Waals surface area contributed by atoms with Crippen LogP contribution in [0.25, 0.3) is 11.1 Å². The highest BCUT2D eigenvalue weighted by molar-refractivity contribution is 6.30. The van der Waals surface area contributed by atoms with E-state index in [9.17, 15) is 9.59 Å². The minimum absolute atomic E-state index is 0.00679. The number of anilines is 1. The van der Waals surface area contributed by atoms with Crippen LogP contribution in [0.15, 0.2) is 27.8 Å². The van der Waals surface area contributed by atoms with Crippen molar-refractivity contribution in [3.8, 4) is 16.9 Å². The number of unbranched alkanes of at least 4 members (excludes halogenated alkanes) is 1. The van der Waals surface area contributed by atoms with Gasteiger partial charge in [0.25, 0.3) is 0 Å². The van der Waals surface area contributed by atoms with Crippen LogP contribution in [-0.4, -0.2) is 6.61 Å². The maximum absolute atomic E-state index is 11.6. The van der Waals surface area contributed by atoms with Crippen LogP contribution in [0.2, 0.25) is 5.02 Å². The summed E-state index contributed by atoms with van der Waals surface area (Å²) in [7, 11) is 0. The molecule has 0 fully saturated rings. The van der Waals surface area contributed by atoms with E-state index < -0.39 is 10.9 Å². The lowest BCUT2D eigenvalue weighted by Crippen LogP contribution is -2.35. The SMILES string of the molecule is CCCCOc1cc(Cl)ccc1-c1c(N)c(=O)c1=O. The molecule has 0 saturated carbocycles. The summed E-state index contributed by atoms with van der Waals surface area (Å²) in [6, 6.07) is 4.92. The van der Waals surface area contributed by atoms with Crippen molar-refractivity contribution < 1.29 is 4.74 Å². The van der Waals surface area contributed by atoms with Crippen molar-refractivity contribution in [1.82, 2.24) is 0 Å². The Morgan fingerprint density at radius 1 is 1.26 bits per heavy atom. The van der Waals surface area contributed by atoms with Gasteiger partial charge in [-0.25, -0.2) is 0 Å². The molecule has 19 heavy (non-hydrogen) atoms.